The molecule has 2 heterocycles. The van der Waals surface area contributed by atoms with Crippen molar-refractivity contribution in [2.24, 2.45) is 0 Å². The maximum atomic E-state index is 13.0. The van der Waals surface area contributed by atoms with E-state index in [1.165, 1.54) is 12.1 Å². The lowest BCUT2D eigenvalue weighted by Gasteiger charge is -2.34. The van der Waals surface area contributed by atoms with Gasteiger partial charge in [0.15, 0.2) is 15.0 Å². The van der Waals surface area contributed by atoms with E-state index in [1.54, 1.807) is 11.3 Å². The molecule has 7 nitrogen and oxygen atoms in total. The third-order valence-electron chi connectivity index (χ3n) is 5.23. The van der Waals surface area contributed by atoms with Gasteiger partial charge in [-0.1, -0.05) is 27.3 Å². The second kappa shape index (κ2) is 9.82. The number of halogens is 2. The number of carbonyl (C=O) groups is 1. The molecule has 1 N–H and O–H groups in total. The number of thiazole rings is 1. The Labute approximate surface area is 198 Å². The zero-order valence-corrected chi connectivity index (χ0v) is 20.3. The Balaban J connectivity index is 1.21. The number of sulfone groups is 1. The Morgan fingerprint density at radius 1 is 1.12 bits per heavy atom. The summed E-state index contributed by atoms with van der Waals surface area (Å²) in [5.41, 5.74) is 0.994. The molecule has 0 saturated carbocycles. The molecule has 0 unspecified atom stereocenters. The molecule has 11 heteroatoms. The minimum atomic E-state index is -3.79. The number of benzene rings is 2. The molecule has 0 bridgehead atoms. The minimum absolute atomic E-state index is 0.0626. The molecule has 2 aromatic carbocycles. The largest absolute Gasteiger partial charge is 0.354 e. The molecule has 0 atom stereocenters. The molecule has 170 valence electrons. The second-order valence-electron chi connectivity index (χ2n) is 7.50. The van der Waals surface area contributed by atoms with Gasteiger partial charge in [-0.2, -0.15) is 0 Å². The number of anilines is 1. The second-order valence-corrected chi connectivity index (χ2v) is 11.4. The highest BCUT2D eigenvalue weighted by atomic mass is 79.9. The standard InChI is InChI=1S/C21H22BrFN4O3S2/c22-15-1-6-18-19(13-15)31-21(25-18)27-11-9-26(10-12-27)8-7-24-20(28)14-32(29,30)17-4-2-16(23)3-5-17/h1-6,13H,7-12,14H2,(H,24,28). The Morgan fingerprint density at radius 2 is 1.84 bits per heavy atom. The van der Waals surface area contributed by atoms with Gasteiger partial charge >= 0.3 is 0 Å². The van der Waals surface area contributed by atoms with Crippen molar-refractivity contribution >= 4 is 58.4 Å². The molecular weight excluding hydrogens is 519 g/mol. The Hall–Kier alpha value is -2.08. The van der Waals surface area contributed by atoms with Crippen LogP contribution in [0.15, 0.2) is 51.8 Å². The number of carbonyl (C=O) groups excluding carboxylic acids is 1. The number of amides is 1. The maximum absolute atomic E-state index is 13.0. The summed E-state index contributed by atoms with van der Waals surface area (Å²) in [7, 11) is -3.79. The van der Waals surface area contributed by atoms with E-state index in [9.17, 15) is 17.6 Å². The van der Waals surface area contributed by atoms with Crippen molar-refractivity contribution in [2.75, 3.05) is 49.9 Å². The lowest BCUT2D eigenvalue weighted by atomic mass is 10.3. The third kappa shape index (κ3) is 5.64. The first-order valence-corrected chi connectivity index (χ1v) is 13.3. The number of nitrogens with zero attached hydrogens (tertiary/aromatic N) is 3. The summed E-state index contributed by atoms with van der Waals surface area (Å²) in [5, 5.41) is 3.68. The van der Waals surface area contributed by atoms with Crippen LogP contribution >= 0.6 is 27.3 Å². The Morgan fingerprint density at radius 3 is 2.56 bits per heavy atom. The lowest BCUT2D eigenvalue weighted by molar-refractivity contribution is -0.118. The molecule has 1 aliphatic rings. The van der Waals surface area contributed by atoms with Gasteiger partial charge in [0, 0.05) is 43.7 Å². The first-order valence-electron chi connectivity index (χ1n) is 10.1. The number of nitrogens with one attached hydrogen (secondary N) is 1. The SMILES string of the molecule is O=C(CS(=O)(=O)c1ccc(F)cc1)NCCN1CCN(c2nc3ccc(Br)cc3s2)CC1. The Kier molecular flexibility index (Phi) is 7.08. The van der Waals surface area contributed by atoms with Gasteiger partial charge in [0.05, 0.1) is 15.1 Å². The van der Waals surface area contributed by atoms with Gasteiger partial charge in [0.25, 0.3) is 0 Å². The van der Waals surface area contributed by atoms with Crippen LogP contribution in [0, 0.1) is 5.82 Å². The predicted molar refractivity (Wildman–Crippen MR) is 127 cm³/mol. The fourth-order valence-electron chi connectivity index (χ4n) is 3.49. The van der Waals surface area contributed by atoms with Gasteiger partial charge in [-0.05, 0) is 42.5 Å². The maximum Gasteiger partial charge on any atom is 0.235 e. The van der Waals surface area contributed by atoms with Crippen LogP contribution in [0.4, 0.5) is 9.52 Å². The van der Waals surface area contributed by atoms with Crippen LogP contribution in [0.1, 0.15) is 0 Å². The van der Waals surface area contributed by atoms with E-state index < -0.39 is 27.3 Å². The molecule has 0 spiro atoms. The number of rotatable bonds is 7. The van der Waals surface area contributed by atoms with Crippen molar-refractivity contribution in [3.63, 3.8) is 0 Å². The van der Waals surface area contributed by atoms with E-state index >= 15 is 0 Å². The smallest absolute Gasteiger partial charge is 0.235 e. The van der Waals surface area contributed by atoms with Gasteiger partial charge in [-0.15, -0.1) is 0 Å². The monoisotopic (exact) mass is 540 g/mol. The van der Waals surface area contributed by atoms with Crippen molar-refractivity contribution < 1.29 is 17.6 Å². The number of piperazine rings is 1. The van der Waals surface area contributed by atoms with Crippen LogP contribution in [0.5, 0.6) is 0 Å². The van der Waals surface area contributed by atoms with Gasteiger partial charge < -0.3 is 10.2 Å². The van der Waals surface area contributed by atoms with Gasteiger partial charge in [-0.25, -0.2) is 17.8 Å². The summed E-state index contributed by atoms with van der Waals surface area (Å²) in [4.78, 5) is 21.2. The van der Waals surface area contributed by atoms with Gasteiger partial charge in [0.2, 0.25) is 5.91 Å². The van der Waals surface area contributed by atoms with Crippen molar-refractivity contribution in [1.29, 1.82) is 0 Å². The summed E-state index contributed by atoms with van der Waals surface area (Å²) in [5.74, 6) is -1.74. The number of hydrogen-bond donors (Lipinski definition) is 1. The van der Waals surface area contributed by atoms with Crippen molar-refractivity contribution in [1.82, 2.24) is 15.2 Å². The molecule has 1 fully saturated rings. The molecular formula is C21H22BrFN4O3S2. The highest BCUT2D eigenvalue weighted by molar-refractivity contribution is 9.10. The van der Waals surface area contributed by atoms with Crippen LogP contribution in [-0.4, -0.2) is 69.2 Å². The van der Waals surface area contributed by atoms with E-state index in [2.05, 4.69) is 37.1 Å². The zero-order chi connectivity index (χ0) is 22.7. The molecule has 1 aromatic heterocycles. The summed E-state index contributed by atoms with van der Waals surface area (Å²) in [6.45, 7) is 4.37. The van der Waals surface area contributed by atoms with E-state index in [-0.39, 0.29) is 4.90 Å². The number of hydrogen-bond acceptors (Lipinski definition) is 7. The summed E-state index contributed by atoms with van der Waals surface area (Å²) < 4.78 is 39.7. The zero-order valence-electron chi connectivity index (χ0n) is 17.1. The van der Waals surface area contributed by atoms with Crippen LogP contribution in [-0.2, 0) is 14.6 Å². The quantitative estimate of drug-likeness (QED) is 0.464. The highest BCUT2D eigenvalue weighted by Gasteiger charge is 2.21. The topological polar surface area (TPSA) is 82.6 Å². The number of fused-ring (bicyclic) bond motifs is 1. The molecule has 1 aliphatic heterocycles. The molecule has 1 amide bonds. The van der Waals surface area contributed by atoms with Crippen LogP contribution < -0.4 is 10.2 Å². The molecule has 3 aromatic rings. The van der Waals surface area contributed by atoms with E-state index in [0.717, 1.165) is 58.1 Å². The van der Waals surface area contributed by atoms with Crippen molar-refractivity contribution in [2.45, 2.75) is 4.90 Å². The van der Waals surface area contributed by atoms with Gasteiger partial charge in [-0.3, -0.25) is 9.69 Å². The summed E-state index contributed by atoms with van der Waals surface area (Å²) >= 11 is 5.17. The molecule has 0 aliphatic carbocycles. The summed E-state index contributed by atoms with van der Waals surface area (Å²) in [6.07, 6.45) is 0. The highest BCUT2D eigenvalue weighted by Crippen LogP contribution is 2.31. The average molecular weight is 541 g/mol. The van der Waals surface area contributed by atoms with E-state index in [4.69, 9.17) is 4.98 Å². The molecule has 32 heavy (non-hydrogen) atoms. The first-order chi connectivity index (χ1) is 15.3. The van der Waals surface area contributed by atoms with E-state index in [1.807, 2.05) is 12.1 Å². The molecule has 0 radical (unpaired) electrons. The van der Waals surface area contributed by atoms with Crippen molar-refractivity contribution in [3.05, 3.63) is 52.8 Å². The number of aromatic nitrogens is 1. The minimum Gasteiger partial charge on any atom is -0.354 e. The van der Waals surface area contributed by atoms with Crippen LogP contribution in [0.25, 0.3) is 10.2 Å². The predicted octanol–water partition coefficient (Wildman–Crippen LogP) is 2.91. The normalized spacial score (nSPS) is 15.2. The van der Waals surface area contributed by atoms with Gasteiger partial charge in [0.1, 0.15) is 11.6 Å². The third-order valence-corrected chi connectivity index (χ3v) is 8.43. The Bertz CT molecular complexity index is 1210. The van der Waals surface area contributed by atoms with E-state index in [0.29, 0.717) is 13.1 Å². The van der Waals surface area contributed by atoms with Crippen LogP contribution in [0.3, 0.4) is 0 Å². The summed E-state index contributed by atoms with van der Waals surface area (Å²) in [6, 6.07) is 10.5. The molecule has 1 saturated heterocycles. The fourth-order valence-corrected chi connectivity index (χ4v) is 6.22. The van der Waals surface area contributed by atoms with Crippen LogP contribution in [0.2, 0.25) is 0 Å². The fraction of sp³-hybridized carbons (Fsp3) is 0.333. The van der Waals surface area contributed by atoms with Crippen molar-refractivity contribution in [3.8, 4) is 0 Å². The average Bonchev–Trinajstić information content (AvgIpc) is 3.17. The molecule has 4 rings (SSSR count). The lowest BCUT2D eigenvalue weighted by Crippen LogP contribution is -2.48. The first kappa shape index (κ1) is 23.1.